The maximum atomic E-state index is 13.8. The van der Waals surface area contributed by atoms with Crippen LogP contribution in [0.4, 0.5) is 8.78 Å². The van der Waals surface area contributed by atoms with E-state index in [0.29, 0.717) is 16.6 Å². The number of pyridine rings is 1. The zero-order valence-corrected chi connectivity index (χ0v) is 9.67. The molecule has 0 aliphatic carbocycles. The van der Waals surface area contributed by atoms with Crippen molar-refractivity contribution >= 4 is 10.9 Å². The van der Waals surface area contributed by atoms with E-state index in [1.54, 1.807) is 25.4 Å². The first kappa shape index (κ1) is 10.9. The monoisotopic (exact) mass is 244 g/mol. The van der Waals surface area contributed by atoms with Crippen LogP contribution >= 0.6 is 0 Å². The van der Waals surface area contributed by atoms with Gasteiger partial charge in [-0.05, 0) is 36.8 Å². The molecule has 0 saturated carbocycles. The molecular formula is C14H10F2N2. The minimum atomic E-state index is -0.454. The summed E-state index contributed by atoms with van der Waals surface area (Å²) >= 11 is 0. The second-order valence-corrected chi connectivity index (χ2v) is 4.15. The van der Waals surface area contributed by atoms with Gasteiger partial charge in [-0.2, -0.15) is 0 Å². The van der Waals surface area contributed by atoms with Gasteiger partial charge in [-0.3, -0.25) is 4.98 Å². The lowest BCUT2D eigenvalue weighted by molar-refractivity contribution is 0.616. The third kappa shape index (κ3) is 1.49. The van der Waals surface area contributed by atoms with Crippen LogP contribution in [-0.2, 0) is 0 Å². The normalized spacial score (nSPS) is 11.1. The predicted octanol–water partition coefficient (Wildman–Crippen LogP) is 3.82. The number of aryl methyl sites for hydroxylation is 1. The fraction of sp³-hybridized carbons (Fsp3) is 0.0714. The number of benzene rings is 1. The lowest BCUT2D eigenvalue weighted by Gasteiger charge is -1.98. The molecule has 3 aromatic rings. The number of halogens is 2. The minimum absolute atomic E-state index is 0.200. The summed E-state index contributed by atoms with van der Waals surface area (Å²) in [6, 6.07) is 5.90. The number of rotatable bonds is 1. The summed E-state index contributed by atoms with van der Waals surface area (Å²) < 4.78 is 27.4. The molecule has 0 bridgehead atoms. The van der Waals surface area contributed by atoms with Crippen LogP contribution in [0.15, 0.2) is 36.7 Å². The minimum Gasteiger partial charge on any atom is -0.352 e. The van der Waals surface area contributed by atoms with Crippen molar-refractivity contribution in [2.24, 2.45) is 0 Å². The summed E-state index contributed by atoms with van der Waals surface area (Å²) in [6.07, 6.45) is 3.32. The molecule has 0 unspecified atom stereocenters. The summed E-state index contributed by atoms with van der Waals surface area (Å²) in [5.41, 5.74) is 2.40. The first-order valence-corrected chi connectivity index (χ1v) is 5.55. The van der Waals surface area contributed by atoms with Gasteiger partial charge in [0.25, 0.3) is 0 Å². The lowest BCUT2D eigenvalue weighted by atomic mass is 10.1. The van der Waals surface area contributed by atoms with Crippen LogP contribution in [0, 0.1) is 18.6 Å². The molecule has 2 heterocycles. The molecule has 1 N–H and O–H groups in total. The van der Waals surface area contributed by atoms with Gasteiger partial charge in [-0.15, -0.1) is 0 Å². The van der Waals surface area contributed by atoms with Crippen LogP contribution in [-0.4, -0.2) is 9.97 Å². The van der Waals surface area contributed by atoms with Gasteiger partial charge in [0.15, 0.2) is 0 Å². The number of nitrogens with one attached hydrogen (secondary N) is 1. The van der Waals surface area contributed by atoms with Crippen LogP contribution in [0.1, 0.15) is 5.56 Å². The summed E-state index contributed by atoms with van der Waals surface area (Å²) in [5, 5.41) is 0.300. The molecule has 1 aromatic carbocycles. The third-order valence-corrected chi connectivity index (χ3v) is 3.05. The number of fused-ring (bicyclic) bond motifs is 1. The quantitative estimate of drug-likeness (QED) is 0.692. The Bertz CT molecular complexity index is 717. The van der Waals surface area contributed by atoms with Crippen molar-refractivity contribution in [3.63, 3.8) is 0 Å². The molecule has 0 radical (unpaired) electrons. The van der Waals surface area contributed by atoms with Crippen molar-refractivity contribution in [1.29, 1.82) is 0 Å². The fourth-order valence-electron chi connectivity index (χ4n) is 2.18. The van der Waals surface area contributed by atoms with Crippen molar-refractivity contribution in [3.8, 4) is 11.3 Å². The molecule has 0 fully saturated rings. The second-order valence-electron chi connectivity index (χ2n) is 4.15. The Morgan fingerprint density at radius 3 is 2.56 bits per heavy atom. The van der Waals surface area contributed by atoms with Gasteiger partial charge in [0.2, 0.25) is 0 Å². The first-order valence-electron chi connectivity index (χ1n) is 5.55. The highest BCUT2D eigenvalue weighted by Crippen LogP contribution is 2.31. The Morgan fingerprint density at radius 1 is 1.11 bits per heavy atom. The van der Waals surface area contributed by atoms with E-state index in [-0.39, 0.29) is 5.52 Å². The molecule has 4 heteroatoms. The van der Waals surface area contributed by atoms with Crippen molar-refractivity contribution in [3.05, 3.63) is 53.9 Å². The average molecular weight is 244 g/mol. The third-order valence-electron chi connectivity index (χ3n) is 3.05. The zero-order valence-electron chi connectivity index (χ0n) is 9.67. The topological polar surface area (TPSA) is 28.7 Å². The molecule has 3 rings (SSSR count). The number of aromatic nitrogens is 2. The van der Waals surface area contributed by atoms with Crippen molar-refractivity contribution < 1.29 is 8.78 Å². The molecular weight excluding hydrogens is 234 g/mol. The standard InChI is InChI=1S/C14H10F2N2/c1-8-12-10(15)4-5-11(16)14(12)18-13(8)9-3-2-6-17-7-9/h2-7,18H,1H3. The summed E-state index contributed by atoms with van der Waals surface area (Å²) in [6.45, 7) is 1.77. The lowest BCUT2D eigenvalue weighted by Crippen LogP contribution is -1.82. The van der Waals surface area contributed by atoms with Gasteiger partial charge in [0.1, 0.15) is 11.6 Å². The van der Waals surface area contributed by atoms with E-state index < -0.39 is 11.6 Å². The smallest absolute Gasteiger partial charge is 0.147 e. The first-order chi connectivity index (χ1) is 8.68. The van der Waals surface area contributed by atoms with E-state index in [1.165, 1.54) is 0 Å². The van der Waals surface area contributed by atoms with E-state index in [1.807, 2.05) is 6.07 Å². The highest BCUT2D eigenvalue weighted by Gasteiger charge is 2.15. The molecule has 0 aliphatic heterocycles. The Balaban J connectivity index is 2.37. The van der Waals surface area contributed by atoms with Crippen LogP contribution in [0.25, 0.3) is 22.2 Å². The average Bonchev–Trinajstić information content (AvgIpc) is 2.74. The maximum absolute atomic E-state index is 13.8. The Kier molecular flexibility index (Phi) is 2.37. The fourth-order valence-corrected chi connectivity index (χ4v) is 2.18. The van der Waals surface area contributed by atoms with Crippen molar-refractivity contribution in [1.82, 2.24) is 9.97 Å². The van der Waals surface area contributed by atoms with Gasteiger partial charge >= 0.3 is 0 Å². The number of hydrogen-bond acceptors (Lipinski definition) is 1. The van der Waals surface area contributed by atoms with E-state index in [2.05, 4.69) is 9.97 Å². The Labute approximate surface area is 102 Å². The SMILES string of the molecule is Cc1c(-c2cccnc2)[nH]c2c(F)ccc(F)c12. The molecule has 0 amide bonds. The molecule has 90 valence electrons. The summed E-state index contributed by atoms with van der Waals surface area (Å²) in [7, 11) is 0. The van der Waals surface area contributed by atoms with Gasteiger partial charge < -0.3 is 4.98 Å². The molecule has 2 aromatic heterocycles. The molecule has 18 heavy (non-hydrogen) atoms. The van der Waals surface area contributed by atoms with Gasteiger partial charge in [0.05, 0.1) is 11.2 Å². The highest BCUT2D eigenvalue weighted by atomic mass is 19.1. The van der Waals surface area contributed by atoms with E-state index in [4.69, 9.17) is 0 Å². The van der Waals surface area contributed by atoms with E-state index >= 15 is 0 Å². The second kappa shape index (κ2) is 3.91. The van der Waals surface area contributed by atoms with Crippen LogP contribution in [0.3, 0.4) is 0 Å². The Morgan fingerprint density at radius 2 is 1.89 bits per heavy atom. The zero-order chi connectivity index (χ0) is 12.7. The largest absolute Gasteiger partial charge is 0.352 e. The summed E-state index contributed by atoms with van der Waals surface area (Å²) in [4.78, 5) is 6.94. The highest BCUT2D eigenvalue weighted by molar-refractivity contribution is 5.91. The number of aromatic amines is 1. The Hall–Kier alpha value is -2.23. The van der Waals surface area contributed by atoms with Crippen LogP contribution < -0.4 is 0 Å². The maximum Gasteiger partial charge on any atom is 0.147 e. The molecule has 0 aliphatic rings. The van der Waals surface area contributed by atoms with Crippen LogP contribution in [0.5, 0.6) is 0 Å². The van der Waals surface area contributed by atoms with Gasteiger partial charge in [-0.1, -0.05) is 0 Å². The summed E-state index contributed by atoms with van der Waals surface area (Å²) in [5.74, 6) is -0.875. The predicted molar refractivity (Wildman–Crippen MR) is 66.2 cm³/mol. The van der Waals surface area contributed by atoms with Crippen molar-refractivity contribution in [2.45, 2.75) is 6.92 Å². The number of hydrogen-bond donors (Lipinski definition) is 1. The number of H-pyrrole nitrogens is 1. The molecule has 0 atom stereocenters. The van der Waals surface area contributed by atoms with Gasteiger partial charge in [-0.25, -0.2) is 8.78 Å². The van der Waals surface area contributed by atoms with E-state index in [0.717, 1.165) is 17.7 Å². The van der Waals surface area contributed by atoms with Gasteiger partial charge in [0, 0.05) is 23.3 Å². The number of nitrogens with zero attached hydrogens (tertiary/aromatic N) is 1. The van der Waals surface area contributed by atoms with Crippen LogP contribution in [0.2, 0.25) is 0 Å². The molecule has 0 saturated heterocycles. The molecule has 2 nitrogen and oxygen atoms in total. The molecule has 0 spiro atoms. The van der Waals surface area contributed by atoms with E-state index in [9.17, 15) is 8.78 Å². The van der Waals surface area contributed by atoms with Crippen molar-refractivity contribution in [2.75, 3.05) is 0 Å².